The normalized spacial score (nSPS) is 14.3. The number of aromatic nitrogens is 6. The van der Waals surface area contributed by atoms with Crippen LogP contribution in [0.5, 0.6) is 0 Å². The minimum atomic E-state index is -0.197. The molecule has 2 heterocycles. The van der Waals surface area contributed by atoms with Gasteiger partial charge >= 0.3 is 0 Å². The highest BCUT2D eigenvalue weighted by molar-refractivity contribution is 5.33. The highest BCUT2D eigenvalue weighted by Gasteiger charge is 2.34. The molecule has 0 spiro atoms. The molecule has 0 amide bonds. The summed E-state index contributed by atoms with van der Waals surface area (Å²) in [4.78, 5) is 8.51. The van der Waals surface area contributed by atoms with E-state index in [4.69, 9.17) is 0 Å². The molecule has 2 aromatic rings. The molecular formula is C19H33N7. The Labute approximate surface area is 157 Å². The average molecular weight is 360 g/mol. The maximum Gasteiger partial charge on any atom is 0.174 e. The molecule has 0 fully saturated rings. The van der Waals surface area contributed by atoms with Crippen molar-refractivity contribution < 1.29 is 0 Å². The Bertz CT molecular complexity index is 693. The van der Waals surface area contributed by atoms with Gasteiger partial charge < -0.3 is 5.32 Å². The first kappa shape index (κ1) is 20.3. The summed E-state index contributed by atoms with van der Waals surface area (Å²) >= 11 is 0. The topological polar surface area (TPSA) is 81.4 Å². The fourth-order valence-electron chi connectivity index (χ4n) is 3.59. The van der Waals surface area contributed by atoms with Crippen molar-refractivity contribution in [2.24, 2.45) is 10.8 Å². The summed E-state index contributed by atoms with van der Waals surface area (Å²) in [5, 5.41) is 16.2. The molecule has 0 aliphatic heterocycles. The van der Waals surface area contributed by atoms with Crippen LogP contribution in [0.25, 0.3) is 0 Å². The fraction of sp³-hybridized carbons (Fsp3) is 0.737. The minimum absolute atomic E-state index is 0.0547. The van der Waals surface area contributed by atoms with E-state index in [1.54, 1.807) is 18.6 Å². The maximum absolute atomic E-state index is 4.38. The SMILES string of the molecule is CC(C)(C)CC(Nc1cnccn1)c1nnnn1C(C)(C)CC(C)(C)C. The molecular weight excluding hydrogens is 326 g/mol. The molecule has 0 bridgehead atoms. The van der Waals surface area contributed by atoms with E-state index in [0.29, 0.717) is 0 Å². The van der Waals surface area contributed by atoms with E-state index in [2.05, 4.69) is 86.2 Å². The second-order valence-corrected chi connectivity index (χ2v) is 10.1. The summed E-state index contributed by atoms with van der Waals surface area (Å²) in [6.07, 6.45) is 6.91. The number of rotatable bonds is 6. The van der Waals surface area contributed by atoms with Gasteiger partial charge in [0.2, 0.25) is 0 Å². The van der Waals surface area contributed by atoms with E-state index < -0.39 is 0 Å². The lowest BCUT2D eigenvalue weighted by Crippen LogP contribution is -2.36. The molecule has 0 saturated carbocycles. The van der Waals surface area contributed by atoms with Crippen LogP contribution in [-0.2, 0) is 5.54 Å². The Kier molecular flexibility index (Phi) is 5.68. The van der Waals surface area contributed by atoms with Crippen molar-refractivity contribution in [3.8, 4) is 0 Å². The van der Waals surface area contributed by atoms with Crippen molar-refractivity contribution in [3.05, 3.63) is 24.4 Å². The zero-order valence-corrected chi connectivity index (χ0v) is 17.4. The first-order valence-electron chi connectivity index (χ1n) is 9.19. The van der Waals surface area contributed by atoms with Gasteiger partial charge in [-0.25, -0.2) is 9.67 Å². The van der Waals surface area contributed by atoms with Crippen LogP contribution >= 0.6 is 0 Å². The van der Waals surface area contributed by atoms with E-state index in [1.807, 2.05) is 4.68 Å². The highest BCUT2D eigenvalue weighted by Crippen LogP contribution is 2.36. The van der Waals surface area contributed by atoms with Gasteiger partial charge in [-0.15, -0.1) is 5.10 Å². The number of nitrogens with zero attached hydrogens (tertiary/aromatic N) is 6. The van der Waals surface area contributed by atoms with Crippen molar-refractivity contribution in [2.45, 2.75) is 79.8 Å². The standard InChI is InChI=1S/C19H33N7/c1-17(2,3)11-14(22-15-12-20-9-10-21-15)16-23-24-25-26(16)19(7,8)13-18(4,5)6/h9-10,12,14H,11,13H2,1-8H3,(H,21,22). The van der Waals surface area contributed by atoms with Gasteiger partial charge in [0.05, 0.1) is 17.8 Å². The highest BCUT2D eigenvalue weighted by atomic mass is 15.6. The van der Waals surface area contributed by atoms with E-state index in [0.717, 1.165) is 24.5 Å². The number of tetrazole rings is 1. The van der Waals surface area contributed by atoms with Gasteiger partial charge in [-0.3, -0.25) is 4.98 Å². The molecule has 2 aromatic heterocycles. The molecule has 1 atom stereocenters. The van der Waals surface area contributed by atoms with Crippen LogP contribution in [-0.4, -0.2) is 30.2 Å². The largest absolute Gasteiger partial charge is 0.359 e. The minimum Gasteiger partial charge on any atom is -0.359 e. The Morgan fingerprint density at radius 2 is 1.69 bits per heavy atom. The molecule has 26 heavy (non-hydrogen) atoms. The summed E-state index contributed by atoms with van der Waals surface area (Å²) in [5.74, 6) is 1.56. The van der Waals surface area contributed by atoms with Gasteiger partial charge in [0.1, 0.15) is 5.82 Å². The van der Waals surface area contributed by atoms with Crippen molar-refractivity contribution in [1.29, 1.82) is 0 Å². The molecule has 0 aliphatic carbocycles. The molecule has 144 valence electrons. The summed E-state index contributed by atoms with van der Waals surface area (Å²) in [6, 6.07) is -0.0547. The molecule has 2 rings (SSSR count). The molecule has 7 nitrogen and oxygen atoms in total. The van der Waals surface area contributed by atoms with E-state index in [1.165, 1.54) is 0 Å². The summed E-state index contributed by atoms with van der Waals surface area (Å²) < 4.78 is 1.97. The van der Waals surface area contributed by atoms with Gasteiger partial charge in [0, 0.05) is 12.4 Å². The van der Waals surface area contributed by atoms with Gasteiger partial charge in [0.15, 0.2) is 5.82 Å². The van der Waals surface area contributed by atoms with E-state index >= 15 is 0 Å². The van der Waals surface area contributed by atoms with Crippen molar-refractivity contribution >= 4 is 5.82 Å². The summed E-state index contributed by atoms with van der Waals surface area (Å²) in [7, 11) is 0. The molecule has 1 N–H and O–H groups in total. The summed E-state index contributed by atoms with van der Waals surface area (Å²) in [5.41, 5.74) is 0.0761. The van der Waals surface area contributed by atoms with Crippen LogP contribution in [0.3, 0.4) is 0 Å². The Morgan fingerprint density at radius 1 is 1.00 bits per heavy atom. The number of hydrogen-bond acceptors (Lipinski definition) is 6. The van der Waals surface area contributed by atoms with Gasteiger partial charge in [0.25, 0.3) is 0 Å². The smallest absolute Gasteiger partial charge is 0.174 e. The molecule has 0 aromatic carbocycles. The molecule has 0 saturated heterocycles. The van der Waals surface area contributed by atoms with E-state index in [-0.39, 0.29) is 22.4 Å². The third kappa shape index (κ3) is 5.75. The zero-order chi connectivity index (χ0) is 19.6. The monoisotopic (exact) mass is 359 g/mol. The third-order valence-corrected chi connectivity index (χ3v) is 4.04. The van der Waals surface area contributed by atoms with E-state index in [9.17, 15) is 0 Å². The third-order valence-electron chi connectivity index (χ3n) is 4.04. The van der Waals surface area contributed by atoms with Gasteiger partial charge in [-0.05, 0) is 47.9 Å². The van der Waals surface area contributed by atoms with Crippen molar-refractivity contribution in [3.63, 3.8) is 0 Å². The number of hydrogen-bond donors (Lipinski definition) is 1. The molecule has 0 radical (unpaired) electrons. The Morgan fingerprint density at radius 3 is 2.23 bits per heavy atom. The van der Waals surface area contributed by atoms with Crippen molar-refractivity contribution in [1.82, 2.24) is 30.2 Å². The Hall–Kier alpha value is -2.05. The lowest BCUT2D eigenvalue weighted by molar-refractivity contribution is 0.186. The molecule has 0 aliphatic rings. The second kappa shape index (κ2) is 7.29. The predicted molar refractivity (Wildman–Crippen MR) is 104 cm³/mol. The number of anilines is 1. The van der Waals surface area contributed by atoms with Crippen LogP contribution < -0.4 is 5.32 Å². The second-order valence-electron chi connectivity index (χ2n) is 10.1. The fourth-order valence-corrected chi connectivity index (χ4v) is 3.59. The molecule has 1 unspecified atom stereocenters. The van der Waals surface area contributed by atoms with Crippen LogP contribution in [0.4, 0.5) is 5.82 Å². The van der Waals surface area contributed by atoms with Crippen LogP contribution in [0.15, 0.2) is 18.6 Å². The summed E-state index contributed by atoms with van der Waals surface area (Å²) in [6.45, 7) is 17.7. The number of nitrogens with one attached hydrogen (secondary N) is 1. The predicted octanol–water partition coefficient (Wildman–Crippen LogP) is 4.22. The maximum atomic E-state index is 4.38. The average Bonchev–Trinajstić information content (AvgIpc) is 2.94. The zero-order valence-electron chi connectivity index (χ0n) is 17.4. The van der Waals surface area contributed by atoms with Crippen LogP contribution in [0.1, 0.15) is 80.1 Å². The first-order chi connectivity index (χ1) is 11.9. The van der Waals surface area contributed by atoms with Crippen LogP contribution in [0, 0.1) is 10.8 Å². The quantitative estimate of drug-likeness (QED) is 0.831. The van der Waals surface area contributed by atoms with Gasteiger partial charge in [-0.1, -0.05) is 41.5 Å². The van der Waals surface area contributed by atoms with Gasteiger partial charge in [-0.2, -0.15) is 0 Å². The Balaban J connectivity index is 2.38. The molecule has 7 heteroatoms. The van der Waals surface area contributed by atoms with Crippen molar-refractivity contribution in [2.75, 3.05) is 5.32 Å². The van der Waals surface area contributed by atoms with Crippen LogP contribution in [0.2, 0.25) is 0 Å². The first-order valence-corrected chi connectivity index (χ1v) is 9.19. The lowest BCUT2D eigenvalue weighted by Gasteiger charge is -2.34. The lowest BCUT2D eigenvalue weighted by atomic mass is 9.81.